The fraction of sp³-hybridized carbons (Fsp3) is 0.188. The van der Waals surface area contributed by atoms with Gasteiger partial charge in [0.1, 0.15) is 11.6 Å². The summed E-state index contributed by atoms with van der Waals surface area (Å²) in [7, 11) is 1.62. The number of hydrogen-bond acceptors (Lipinski definition) is 3. The number of carbonyl (C=O) groups excluding carboxylic acids is 1. The van der Waals surface area contributed by atoms with E-state index >= 15 is 0 Å². The van der Waals surface area contributed by atoms with Gasteiger partial charge in [0.25, 0.3) is 0 Å². The van der Waals surface area contributed by atoms with Crippen molar-refractivity contribution < 1.29 is 13.9 Å². The third-order valence-corrected chi connectivity index (χ3v) is 3.81. The van der Waals surface area contributed by atoms with Crippen LogP contribution >= 0.6 is 11.8 Å². The van der Waals surface area contributed by atoms with Gasteiger partial charge in [-0.3, -0.25) is 4.79 Å². The molecule has 0 fully saturated rings. The third-order valence-electron chi connectivity index (χ3n) is 2.81. The van der Waals surface area contributed by atoms with Crippen molar-refractivity contribution in [3.63, 3.8) is 0 Å². The van der Waals surface area contributed by atoms with Gasteiger partial charge in [-0.25, -0.2) is 4.39 Å². The van der Waals surface area contributed by atoms with E-state index in [2.05, 4.69) is 5.32 Å². The Morgan fingerprint density at radius 1 is 1.19 bits per heavy atom. The molecule has 0 bridgehead atoms. The Kier molecular flexibility index (Phi) is 5.63. The van der Waals surface area contributed by atoms with Crippen LogP contribution in [0.2, 0.25) is 0 Å². The first-order valence-corrected chi connectivity index (χ1v) is 7.59. The molecular weight excluding hydrogens is 289 g/mol. The number of methoxy groups -OCH3 is 1. The van der Waals surface area contributed by atoms with E-state index in [0.717, 1.165) is 11.3 Å². The molecule has 0 aliphatic rings. The highest BCUT2D eigenvalue weighted by Crippen LogP contribution is 2.17. The van der Waals surface area contributed by atoms with E-state index in [-0.39, 0.29) is 17.3 Å². The zero-order valence-electron chi connectivity index (χ0n) is 11.6. The topological polar surface area (TPSA) is 38.3 Å². The quantitative estimate of drug-likeness (QED) is 0.884. The van der Waals surface area contributed by atoms with Gasteiger partial charge in [-0.1, -0.05) is 24.3 Å². The fourth-order valence-electron chi connectivity index (χ4n) is 1.73. The minimum Gasteiger partial charge on any atom is -0.497 e. The average molecular weight is 305 g/mol. The molecule has 0 heterocycles. The molecular formula is C16H16FNO2S. The lowest BCUT2D eigenvalue weighted by molar-refractivity contribution is -0.113. The summed E-state index contributed by atoms with van der Waals surface area (Å²) in [4.78, 5) is 11.7. The highest BCUT2D eigenvalue weighted by molar-refractivity contribution is 7.99. The fourth-order valence-corrected chi connectivity index (χ4v) is 2.52. The summed E-state index contributed by atoms with van der Waals surface area (Å²) in [6.45, 7) is 0. The second-order valence-corrected chi connectivity index (χ2v) is 5.35. The maximum Gasteiger partial charge on any atom is 0.234 e. The molecule has 1 N–H and O–H groups in total. The van der Waals surface area contributed by atoms with Crippen LogP contribution in [0.4, 0.5) is 10.1 Å². The average Bonchev–Trinajstić information content (AvgIpc) is 2.50. The van der Waals surface area contributed by atoms with Crippen LogP contribution in [0.3, 0.4) is 0 Å². The molecule has 0 atom stereocenters. The standard InChI is InChI=1S/C16H16FNO2S/c1-20-13-8-6-12(7-9-13)10-21-11-16(19)18-15-5-3-2-4-14(15)17/h2-9H,10-11H2,1H3,(H,18,19). The first-order chi connectivity index (χ1) is 10.2. The molecule has 0 saturated heterocycles. The van der Waals surface area contributed by atoms with Gasteiger partial charge in [0.05, 0.1) is 18.6 Å². The Morgan fingerprint density at radius 3 is 2.57 bits per heavy atom. The van der Waals surface area contributed by atoms with Crippen molar-refractivity contribution in [3.05, 3.63) is 59.9 Å². The van der Waals surface area contributed by atoms with E-state index in [9.17, 15) is 9.18 Å². The predicted octanol–water partition coefficient (Wildman–Crippen LogP) is 3.71. The minimum absolute atomic E-state index is 0.210. The van der Waals surface area contributed by atoms with Gasteiger partial charge in [-0.15, -0.1) is 11.8 Å². The summed E-state index contributed by atoms with van der Waals surface area (Å²) in [5, 5.41) is 2.56. The van der Waals surface area contributed by atoms with Crippen molar-refractivity contribution in [2.45, 2.75) is 5.75 Å². The molecule has 5 heteroatoms. The van der Waals surface area contributed by atoms with Gasteiger partial charge >= 0.3 is 0 Å². The van der Waals surface area contributed by atoms with E-state index in [1.807, 2.05) is 24.3 Å². The van der Waals surface area contributed by atoms with Gasteiger partial charge in [0.15, 0.2) is 0 Å². The van der Waals surface area contributed by atoms with Crippen molar-refractivity contribution >= 4 is 23.4 Å². The molecule has 2 aromatic rings. The lowest BCUT2D eigenvalue weighted by Crippen LogP contribution is -2.15. The van der Waals surface area contributed by atoms with Crippen molar-refractivity contribution in [2.24, 2.45) is 0 Å². The molecule has 2 rings (SSSR count). The molecule has 0 radical (unpaired) electrons. The molecule has 0 spiro atoms. The number of halogens is 1. The summed E-state index contributed by atoms with van der Waals surface area (Å²) in [6.07, 6.45) is 0. The molecule has 2 aromatic carbocycles. The van der Waals surface area contributed by atoms with Crippen LogP contribution in [-0.4, -0.2) is 18.8 Å². The number of carbonyl (C=O) groups is 1. The number of ether oxygens (including phenoxy) is 1. The molecule has 110 valence electrons. The van der Waals surface area contributed by atoms with E-state index in [1.54, 1.807) is 25.3 Å². The van der Waals surface area contributed by atoms with Crippen molar-refractivity contribution in [3.8, 4) is 5.75 Å². The normalized spacial score (nSPS) is 10.2. The summed E-state index contributed by atoms with van der Waals surface area (Å²) in [5.41, 5.74) is 1.33. The molecule has 0 saturated carbocycles. The van der Waals surface area contributed by atoms with Crippen molar-refractivity contribution in [1.82, 2.24) is 0 Å². The number of hydrogen-bond donors (Lipinski definition) is 1. The Hall–Kier alpha value is -2.01. The van der Waals surface area contributed by atoms with Crippen LogP contribution in [0.1, 0.15) is 5.56 Å². The molecule has 1 amide bonds. The number of thioether (sulfide) groups is 1. The largest absolute Gasteiger partial charge is 0.497 e. The van der Waals surface area contributed by atoms with E-state index in [1.165, 1.54) is 17.8 Å². The highest BCUT2D eigenvalue weighted by Gasteiger charge is 2.06. The Labute approximate surface area is 127 Å². The Balaban J connectivity index is 1.77. The van der Waals surface area contributed by atoms with Crippen molar-refractivity contribution in [2.75, 3.05) is 18.2 Å². The predicted molar refractivity (Wildman–Crippen MR) is 84.2 cm³/mol. The first-order valence-electron chi connectivity index (χ1n) is 6.44. The summed E-state index contributed by atoms with van der Waals surface area (Å²) < 4.78 is 18.5. The minimum atomic E-state index is -0.425. The van der Waals surface area contributed by atoms with Crippen LogP contribution in [0.25, 0.3) is 0 Å². The zero-order valence-corrected chi connectivity index (χ0v) is 12.5. The van der Waals surface area contributed by atoms with Crippen LogP contribution < -0.4 is 10.1 Å². The second kappa shape index (κ2) is 7.69. The van der Waals surface area contributed by atoms with Gasteiger partial charge in [0.2, 0.25) is 5.91 Å². The SMILES string of the molecule is COc1ccc(CSCC(=O)Nc2ccccc2F)cc1. The third kappa shape index (κ3) is 4.79. The number of nitrogens with one attached hydrogen (secondary N) is 1. The molecule has 0 aromatic heterocycles. The molecule has 0 aliphatic heterocycles. The van der Waals surface area contributed by atoms with Gasteiger partial charge in [0, 0.05) is 5.75 Å². The Bertz CT molecular complexity index is 601. The molecule has 21 heavy (non-hydrogen) atoms. The Morgan fingerprint density at radius 2 is 1.90 bits per heavy atom. The summed E-state index contributed by atoms with van der Waals surface area (Å²) >= 11 is 1.48. The molecule has 0 unspecified atom stereocenters. The first kappa shape index (κ1) is 15.4. The second-order valence-electron chi connectivity index (χ2n) is 4.37. The number of para-hydroxylation sites is 1. The number of benzene rings is 2. The highest BCUT2D eigenvalue weighted by atomic mass is 32.2. The number of anilines is 1. The van der Waals surface area contributed by atoms with Crippen LogP contribution in [-0.2, 0) is 10.5 Å². The number of amides is 1. The summed E-state index contributed by atoms with van der Waals surface area (Å²) in [5.74, 6) is 1.17. The van der Waals surface area contributed by atoms with Crippen LogP contribution in [0.5, 0.6) is 5.75 Å². The van der Waals surface area contributed by atoms with Crippen LogP contribution in [0, 0.1) is 5.82 Å². The monoisotopic (exact) mass is 305 g/mol. The van der Waals surface area contributed by atoms with Crippen molar-refractivity contribution in [1.29, 1.82) is 0 Å². The van der Waals surface area contributed by atoms with Gasteiger partial charge in [-0.2, -0.15) is 0 Å². The van der Waals surface area contributed by atoms with E-state index < -0.39 is 5.82 Å². The van der Waals surface area contributed by atoms with Gasteiger partial charge < -0.3 is 10.1 Å². The lowest BCUT2D eigenvalue weighted by atomic mass is 10.2. The number of rotatable bonds is 6. The zero-order chi connectivity index (χ0) is 15.1. The smallest absolute Gasteiger partial charge is 0.234 e. The van der Waals surface area contributed by atoms with E-state index in [0.29, 0.717) is 5.75 Å². The molecule has 0 aliphatic carbocycles. The lowest BCUT2D eigenvalue weighted by Gasteiger charge is -2.06. The summed E-state index contributed by atoms with van der Waals surface area (Å²) in [6, 6.07) is 13.8. The molecule has 3 nitrogen and oxygen atoms in total. The maximum absolute atomic E-state index is 13.4. The van der Waals surface area contributed by atoms with Crippen LogP contribution in [0.15, 0.2) is 48.5 Å². The maximum atomic E-state index is 13.4. The van der Waals surface area contributed by atoms with E-state index in [4.69, 9.17) is 4.74 Å². The van der Waals surface area contributed by atoms with Gasteiger partial charge in [-0.05, 0) is 29.8 Å².